The topological polar surface area (TPSA) is 37.4 Å². The fraction of sp³-hybridized carbons (Fsp3) is 0.0667. The van der Waals surface area contributed by atoms with E-state index in [0.717, 1.165) is 17.0 Å². The van der Waals surface area contributed by atoms with E-state index in [0.29, 0.717) is 16.7 Å². The maximum absolute atomic E-state index is 13.1. The van der Waals surface area contributed by atoms with Gasteiger partial charge in [0.1, 0.15) is 0 Å². The summed E-state index contributed by atoms with van der Waals surface area (Å²) in [6.45, 7) is -0.0798. The number of carbonyl (C=O) groups is 2. The summed E-state index contributed by atoms with van der Waals surface area (Å²) >= 11 is 0. The molecule has 1 heterocycles. The van der Waals surface area contributed by atoms with Crippen LogP contribution in [0.1, 0.15) is 26.3 Å². The van der Waals surface area contributed by atoms with E-state index in [9.17, 15) is 18.4 Å². The summed E-state index contributed by atoms with van der Waals surface area (Å²) in [7, 11) is 0. The highest BCUT2D eigenvalue weighted by Crippen LogP contribution is 2.24. The number of amides is 2. The third kappa shape index (κ3) is 1.87. The van der Waals surface area contributed by atoms with Gasteiger partial charge in [0.15, 0.2) is 11.6 Å². The lowest BCUT2D eigenvalue weighted by atomic mass is 10.1. The number of nitrogens with zero attached hydrogens (tertiary/aromatic N) is 1. The Labute approximate surface area is 113 Å². The SMILES string of the molecule is O=C1c2ccccc2C(=O)N1Cc1ccc(F)c(F)c1. The third-order valence-corrected chi connectivity index (χ3v) is 3.20. The summed E-state index contributed by atoms with van der Waals surface area (Å²) in [4.78, 5) is 25.2. The molecule has 3 rings (SSSR count). The maximum atomic E-state index is 13.1. The summed E-state index contributed by atoms with van der Waals surface area (Å²) in [5.41, 5.74) is 1.03. The molecule has 0 atom stereocenters. The second-order valence-corrected chi connectivity index (χ2v) is 4.49. The standard InChI is InChI=1S/C15H9F2NO2/c16-12-6-5-9(7-13(12)17)8-18-14(19)10-3-1-2-4-11(10)15(18)20/h1-7H,8H2. The molecule has 5 heteroatoms. The van der Waals surface area contributed by atoms with Gasteiger partial charge in [-0.15, -0.1) is 0 Å². The summed E-state index contributed by atoms with van der Waals surface area (Å²) in [6.07, 6.45) is 0. The maximum Gasteiger partial charge on any atom is 0.261 e. The Kier molecular flexibility index (Phi) is 2.82. The van der Waals surface area contributed by atoms with Crippen LogP contribution in [0.2, 0.25) is 0 Å². The van der Waals surface area contributed by atoms with Gasteiger partial charge in [-0.25, -0.2) is 8.78 Å². The van der Waals surface area contributed by atoms with Crippen LogP contribution in [0.25, 0.3) is 0 Å². The summed E-state index contributed by atoms with van der Waals surface area (Å²) in [6, 6.07) is 9.79. The second kappa shape index (κ2) is 4.52. The predicted octanol–water partition coefficient (Wildman–Crippen LogP) is 2.76. The van der Waals surface area contributed by atoms with Gasteiger partial charge >= 0.3 is 0 Å². The number of benzene rings is 2. The Hall–Kier alpha value is -2.56. The molecule has 0 spiro atoms. The molecule has 0 unspecified atom stereocenters. The zero-order valence-corrected chi connectivity index (χ0v) is 10.3. The molecule has 100 valence electrons. The molecule has 2 aromatic rings. The summed E-state index contributed by atoms with van der Waals surface area (Å²) in [5, 5.41) is 0. The number of halogens is 2. The highest BCUT2D eigenvalue weighted by Gasteiger charge is 2.34. The van der Waals surface area contributed by atoms with Gasteiger partial charge in [0.25, 0.3) is 11.8 Å². The molecule has 0 radical (unpaired) electrons. The summed E-state index contributed by atoms with van der Waals surface area (Å²) < 4.78 is 26.0. The first-order chi connectivity index (χ1) is 9.58. The number of rotatable bonds is 2. The van der Waals surface area contributed by atoms with E-state index in [1.165, 1.54) is 6.07 Å². The van der Waals surface area contributed by atoms with E-state index >= 15 is 0 Å². The Bertz CT molecular complexity index is 693. The average molecular weight is 273 g/mol. The molecule has 1 aliphatic rings. The van der Waals surface area contributed by atoms with Crippen molar-refractivity contribution < 1.29 is 18.4 Å². The third-order valence-electron chi connectivity index (χ3n) is 3.20. The highest BCUT2D eigenvalue weighted by molar-refractivity contribution is 6.21. The first kappa shape index (κ1) is 12.5. The molecule has 0 bridgehead atoms. The van der Waals surface area contributed by atoms with E-state index < -0.39 is 23.4 Å². The van der Waals surface area contributed by atoms with Crippen LogP contribution in [0.4, 0.5) is 8.78 Å². The molecular weight excluding hydrogens is 264 g/mol. The van der Waals surface area contributed by atoms with E-state index in [4.69, 9.17) is 0 Å². The predicted molar refractivity (Wildman–Crippen MR) is 67.0 cm³/mol. The van der Waals surface area contributed by atoms with Crippen molar-refractivity contribution in [1.82, 2.24) is 4.90 Å². The molecular formula is C15H9F2NO2. The normalized spacial score (nSPS) is 13.8. The minimum Gasteiger partial charge on any atom is -0.270 e. The van der Waals surface area contributed by atoms with Crippen molar-refractivity contribution in [3.05, 3.63) is 70.8 Å². The Morgan fingerprint density at radius 2 is 1.45 bits per heavy atom. The molecule has 0 saturated heterocycles. The van der Waals surface area contributed by atoms with Gasteiger partial charge in [-0.05, 0) is 29.8 Å². The second-order valence-electron chi connectivity index (χ2n) is 4.49. The molecule has 0 aliphatic carbocycles. The van der Waals surface area contributed by atoms with Crippen LogP contribution in [0, 0.1) is 11.6 Å². The van der Waals surface area contributed by atoms with Gasteiger partial charge < -0.3 is 0 Å². The molecule has 0 saturated carbocycles. The molecule has 2 amide bonds. The molecule has 1 aliphatic heterocycles. The van der Waals surface area contributed by atoms with Crippen molar-refractivity contribution in [1.29, 1.82) is 0 Å². The van der Waals surface area contributed by atoms with E-state index in [2.05, 4.69) is 0 Å². The number of hydrogen-bond acceptors (Lipinski definition) is 2. The quantitative estimate of drug-likeness (QED) is 0.789. The van der Waals surface area contributed by atoms with Crippen molar-refractivity contribution >= 4 is 11.8 Å². The lowest BCUT2D eigenvalue weighted by Gasteiger charge is -2.13. The minimum atomic E-state index is -1.00. The highest BCUT2D eigenvalue weighted by atomic mass is 19.2. The lowest BCUT2D eigenvalue weighted by Crippen LogP contribution is -2.29. The van der Waals surface area contributed by atoms with Gasteiger partial charge in [0.05, 0.1) is 17.7 Å². The van der Waals surface area contributed by atoms with Crippen molar-refractivity contribution in [2.24, 2.45) is 0 Å². The molecule has 0 N–H and O–H groups in total. The van der Waals surface area contributed by atoms with Gasteiger partial charge in [-0.3, -0.25) is 14.5 Å². The van der Waals surface area contributed by atoms with Crippen LogP contribution in [0.3, 0.4) is 0 Å². The van der Waals surface area contributed by atoms with Crippen molar-refractivity contribution in [3.63, 3.8) is 0 Å². The van der Waals surface area contributed by atoms with Crippen LogP contribution in [0.15, 0.2) is 42.5 Å². The minimum absolute atomic E-state index is 0.0798. The largest absolute Gasteiger partial charge is 0.270 e. The first-order valence-electron chi connectivity index (χ1n) is 5.97. The van der Waals surface area contributed by atoms with Gasteiger partial charge in [0.2, 0.25) is 0 Å². The monoisotopic (exact) mass is 273 g/mol. The summed E-state index contributed by atoms with van der Waals surface area (Å²) in [5.74, 6) is -2.80. The van der Waals surface area contributed by atoms with Crippen molar-refractivity contribution in [2.75, 3.05) is 0 Å². The number of fused-ring (bicyclic) bond motifs is 1. The van der Waals surface area contributed by atoms with Crippen LogP contribution >= 0.6 is 0 Å². The molecule has 2 aromatic carbocycles. The van der Waals surface area contributed by atoms with Crippen LogP contribution in [-0.4, -0.2) is 16.7 Å². The molecule has 3 nitrogen and oxygen atoms in total. The number of carbonyl (C=O) groups excluding carboxylic acids is 2. The van der Waals surface area contributed by atoms with Gasteiger partial charge in [-0.1, -0.05) is 18.2 Å². The number of hydrogen-bond donors (Lipinski definition) is 0. The average Bonchev–Trinajstić information content (AvgIpc) is 2.69. The molecule has 0 aromatic heterocycles. The number of imide groups is 1. The van der Waals surface area contributed by atoms with Crippen molar-refractivity contribution in [2.45, 2.75) is 6.54 Å². The van der Waals surface area contributed by atoms with E-state index in [-0.39, 0.29) is 6.54 Å². The Balaban J connectivity index is 1.91. The van der Waals surface area contributed by atoms with E-state index in [1.54, 1.807) is 24.3 Å². The van der Waals surface area contributed by atoms with Gasteiger partial charge in [0, 0.05) is 0 Å². The Morgan fingerprint density at radius 1 is 0.850 bits per heavy atom. The van der Waals surface area contributed by atoms with E-state index in [1.807, 2.05) is 0 Å². The zero-order chi connectivity index (χ0) is 14.3. The van der Waals surface area contributed by atoms with Crippen LogP contribution in [0.5, 0.6) is 0 Å². The zero-order valence-electron chi connectivity index (χ0n) is 10.3. The fourth-order valence-corrected chi connectivity index (χ4v) is 2.20. The first-order valence-corrected chi connectivity index (χ1v) is 5.97. The van der Waals surface area contributed by atoms with Crippen LogP contribution in [-0.2, 0) is 6.54 Å². The van der Waals surface area contributed by atoms with Gasteiger partial charge in [-0.2, -0.15) is 0 Å². The smallest absolute Gasteiger partial charge is 0.261 e. The van der Waals surface area contributed by atoms with Crippen LogP contribution < -0.4 is 0 Å². The molecule has 0 fully saturated rings. The lowest BCUT2D eigenvalue weighted by molar-refractivity contribution is 0.0642. The molecule has 20 heavy (non-hydrogen) atoms. The Morgan fingerprint density at radius 3 is 2.00 bits per heavy atom. The van der Waals surface area contributed by atoms with Crippen molar-refractivity contribution in [3.8, 4) is 0 Å². The fourth-order valence-electron chi connectivity index (χ4n) is 2.20.